The van der Waals surface area contributed by atoms with E-state index in [0.717, 1.165) is 54.4 Å². The molecule has 0 unspecified atom stereocenters. The highest BCUT2D eigenvalue weighted by molar-refractivity contribution is 5.89. The van der Waals surface area contributed by atoms with E-state index in [9.17, 15) is 18.0 Å². The fraction of sp³-hybridized carbons (Fsp3) is 0.286. The van der Waals surface area contributed by atoms with Gasteiger partial charge in [-0.25, -0.2) is 23.1 Å². The molecule has 0 aliphatic rings. The van der Waals surface area contributed by atoms with E-state index in [-0.39, 0.29) is 6.54 Å². The number of urea groups is 1. The third kappa shape index (κ3) is 6.76. The lowest BCUT2D eigenvalue weighted by Crippen LogP contribution is -2.35. The number of carbonyl (C=O) groups excluding carboxylic acids is 1. The maximum atomic E-state index is 14.2. The summed E-state index contributed by atoms with van der Waals surface area (Å²) in [5, 5.41) is 16.4. The molecule has 38 heavy (non-hydrogen) atoms. The van der Waals surface area contributed by atoms with E-state index in [2.05, 4.69) is 32.9 Å². The van der Waals surface area contributed by atoms with Gasteiger partial charge >= 0.3 is 6.03 Å². The predicted molar refractivity (Wildman–Crippen MR) is 140 cm³/mol. The van der Waals surface area contributed by atoms with E-state index in [0.29, 0.717) is 24.5 Å². The van der Waals surface area contributed by atoms with Crippen molar-refractivity contribution in [2.45, 2.75) is 45.6 Å². The molecule has 0 saturated carbocycles. The molecule has 1 aromatic heterocycles. The average Bonchev–Trinajstić information content (AvgIpc) is 3.45. The number of hydrogen-bond donors (Lipinski definition) is 2. The number of halogens is 3. The quantitative estimate of drug-likeness (QED) is 0.209. The van der Waals surface area contributed by atoms with E-state index in [4.69, 9.17) is 0 Å². The number of aromatic nitrogens is 4. The SMILES string of the molecule is CCCCCCCN(Cc1ccc(-c2ccccc2-c2nnn[nH]2)cc1)C(=O)Nc1c(F)cc(F)cc1F. The molecule has 0 atom stereocenters. The summed E-state index contributed by atoms with van der Waals surface area (Å²) in [7, 11) is 0. The Balaban J connectivity index is 1.51. The van der Waals surface area contributed by atoms with Gasteiger partial charge in [-0.2, -0.15) is 0 Å². The van der Waals surface area contributed by atoms with Gasteiger partial charge in [0.05, 0.1) is 0 Å². The fourth-order valence-electron chi connectivity index (χ4n) is 4.23. The largest absolute Gasteiger partial charge is 0.322 e. The maximum Gasteiger partial charge on any atom is 0.322 e. The Morgan fingerprint density at radius 3 is 2.26 bits per heavy atom. The number of nitrogens with zero attached hydrogens (tertiary/aromatic N) is 4. The van der Waals surface area contributed by atoms with Crippen LogP contribution < -0.4 is 5.32 Å². The van der Waals surface area contributed by atoms with Crippen LogP contribution >= 0.6 is 0 Å². The summed E-state index contributed by atoms with van der Waals surface area (Å²) in [5.41, 5.74) is 2.90. The van der Waals surface area contributed by atoms with Crippen molar-refractivity contribution in [3.8, 4) is 22.5 Å². The van der Waals surface area contributed by atoms with E-state index in [1.54, 1.807) is 0 Å². The Morgan fingerprint density at radius 1 is 0.921 bits per heavy atom. The van der Waals surface area contributed by atoms with Gasteiger partial charge in [-0.3, -0.25) is 0 Å². The summed E-state index contributed by atoms with van der Waals surface area (Å²) < 4.78 is 41.6. The van der Waals surface area contributed by atoms with E-state index >= 15 is 0 Å². The average molecular weight is 523 g/mol. The number of aromatic amines is 1. The fourth-order valence-corrected chi connectivity index (χ4v) is 4.23. The van der Waals surface area contributed by atoms with Gasteiger partial charge in [0.2, 0.25) is 0 Å². The Labute approximate surface area is 219 Å². The minimum Gasteiger partial charge on any atom is -0.320 e. The van der Waals surface area contributed by atoms with Crippen LogP contribution in [0, 0.1) is 17.5 Å². The van der Waals surface area contributed by atoms with E-state index in [1.807, 2.05) is 48.5 Å². The lowest BCUT2D eigenvalue weighted by atomic mass is 9.98. The van der Waals surface area contributed by atoms with E-state index < -0.39 is 29.2 Å². The van der Waals surface area contributed by atoms with Gasteiger partial charge in [-0.1, -0.05) is 81.1 Å². The van der Waals surface area contributed by atoms with Crippen LogP contribution in [0.1, 0.15) is 44.6 Å². The van der Waals surface area contributed by atoms with Crippen molar-refractivity contribution in [3.05, 3.63) is 83.7 Å². The monoisotopic (exact) mass is 522 g/mol. The number of amides is 2. The molecule has 4 aromatic rings. The summed E-state index contributed by atoms with van der Waals surface area (Å²) in [4.78, 5) is 14.6. The number of anilines is 1. The summed E-state index contributed by atoms with van der Waals surface area (Å²) in [5.74, 6) is -2.82. The Morgan fingerprint density at radius 2 is 1.61 bits per heavy atom. The van der Waals surface area contributed by atoms with Crippen molar-refractivity contribution < 1.29 is 18.0 Å². The van der Waals surface area contributed by atoms with Crippen molar-refractivity contribution in [3.63, 3.8) is 0 Å². The number of rotatable bonds is 11. The second kappa shape index (κ2) is 12.8. The Hall–Kier alpha value is -4.21. The molecule has 198 valence electrons. The number of nitrogens with one attached hydrogen (secondary N) is 2. The summed E-state index contributed by atoms with van der Waals surface area (Å²) in [6, 6.07) is 15.8. The number of hydrogen-bond acceptors (Lipinski definition) is 4. The molecule has 3 aromatic carbocycles. The van der Waals surface area contributed by atoms with Gasteiger partial charge < -0.3 is 10.2 Å². The molecule has 0 fully saturated rings. The molecule has 10 heteroatoms. The molecular formula is C28H29F3N6O. The number of carbonyl (C=O) groups is 1. The van der Waals surface area contributed by atoms with Gasteiger partial charge in [0.15, 0.2) is 17.5 Å². The van der Waals surface area contributed by atoms with Crippen LogP contribution in [0.2, 0.25) is 0 Å². The zero-order valence-corrected chi connectivity index (χ0v) is 21.1. The highest BCUT2D eigenvalue weighted by Gasteiger charge is 2.19. The third-order valence-corrected chi connectivity index (χ3v) is 6.22. The van der Waals surface area contributed by atoms with Crippen LogP contribution in [0.5, 0.6) is 0 Å². The van der Waals surface area contributed by atoms with Gasteiger partial charge in [-0.15, -0.1) is 5.10 Å². The van der Waals surface area contributed by atoms with E-state index in [1.165, 1.54) is 4.90 Å². The van der Waals surface area contributed by atoms with Crippen molar-refractivity contribution >= 4 is 11.7 Å². The summed E-state index contributed by atoms with van der Waals surface area (Å²) >= 11 is 0. The van der Waals surface area contributed by atoms with Crippen LogP contribution in [0.25, 0.3) is 22.5 Å². The smallest absolute Gasteiger partial charge is 0.320 e. The van der Waals surface area contributed by atoms with Crippen molar-refractivity contribution in [2.75, 3.05) is 11.9 Å². The lowest BCUT2D eigenvalue weighted by Gasteiger charge is -2.24. The number of unbranched alkanes of at least 4 members (excludes halogenated alkanes) is 4. The molecule has 2 amide bonds. The first-order chi connectivity index (χ1) is 18.5. The molecule has 0 radical (unpaired) electrons. The van der Waals surface area contributed by atoms with Crippen LogP contribution in [-0.4, -0.2) is 38.1 Å². The molecule has 2 N–H and O–H groups in total. The molecule has 1 heterocycles. The second-order valence-corrected chi connectivity index (χ2v) is 9.00. The van der Waals surface area contributed by atoms with Gasteiger partial charge in [-0.05, 0) is 33.5 Å². The number of H-pyrrole nitrogens is 1. The zero-order chi connectivity index (χ0) is 26.9. The first-order valence-corrected chi connectivity index (χ1v) is 12.6. The topological polar surface area (TPSA) is 86.8 Å². The van der Waals surface area contributed by atoms with Crippen LogP contribution in [-0.2, 0) is 6.54 Å². The molecule has 0 saturated heterocycles. The Kier molecular flexibility index (Phi) is 9.07. The molecule has 0 aliphatic carbocycles. The van der Waals surface area contributed by atoms with Gasteiger partial charge in [0.1, 0.15) is 11.5 Å². The molecule has 0 spiro atoms. The predicted octanol–water partition coefficient (Wildman–Crippen LogP) is 6.96. The first kappa shape index (κ1) is 26.8. The zero-order valence-electron chi connectivity index (χ0n) is 21.1. The maximum absolute atomic E-state index is 14.2. The minimum atomic E-state index is -1.16. The minimum absolute atomic E-state index is 0.234. The van der Waals surface area contributed by atoms with Crippen molar-refractivity contribution in [2.24, 2.45) is 0 Å². The molecule has 4 rings (SSSR count). The van der Waals surface area contributed by atoms with Crippen LogP contribution in [0.15, 0.2) is 60.7 Å². The standard InChI is InChI=1S/C28H29F3N6O/c1-2-3-4-5-8-15-37(28(38)32-26-24(30)16-21(29)17-25(26)31)18-19-11-13-20(14-12-19)22-9-6-7-10-23(22)27-33-35-36-34-27/h6-7,9-14,16-17H,2-5,8,15,18H2,1H3,(H,32,38)(H,33,34,35,36). The molecule has 0 aliphatic heterocycles. The third-order valence-electron chi connectivity index (χ3n) is 6.22. The normalized spacial score (nSPS) is 10.9. The molecule has 7 nitrogen and oxygen atoms in total. The highest BCUT2D eigenvalue weighted by Crippen LogP contribution is 2.30. The van der Waals surface area contributed by atoms with Gasteiger partial charge in [0, 0.05) is 30.8 Å². The second-order valence-electron chi connectivity index (χ2n) is 9.00. The summed E-state index contributed by atoms with van der Waals surface area (Å²) in [6.07, 6.45) is 4.92. The van der Waals surface area contributed by atoms with Crippen molar-refractivity contribution in [1.82, 2.24) is 25.5 Å². The van der Waals surface area contributed by atoms with Crippen LogP contribution in [0.3, 0.4) is 0 Å². The first-order valence-electron chi connectivity index (χ1n) is 12.6. The molecule has 0 bridgehead atoms. The summed E-state index contributed by atoms with van der Waals surface area (Å²) in [6.45, 7) is 2.76. The van der Waals surface area contributed by atoms with Crippen molar-refractivity contribution in [1.29, 1.82) is 0 Å². The van der Waals surface area contributed by atoms with Gasteiger partial charge in [0.25, 0.3) is 0 Å². The molecular weight excluding hydrogens is 493 g/mol. The highest BCUT2D eigenvalue weighted by atomic mass is 19.1. The Bertz CT molecular complexity index is 1320. The number of tetrazole rings is 1. The lowest BCUT2D eigenvalue weighted by molar-refractivity contribution is 0.207. The number of benzene rings is 3. The van der Waals surface area contributed by atoms with Crippen LogP contribution in [0.4, 0.5) is 23.7 Å².